The molecule has 1 aliphatic rings. The van der Waals surface area contributed by atoms with Gasteiger partial charge < -0.3 is 40.3 Å². The summed E-state index contributed by atoms with van der Waals surface area (Å²) in [6.45, 7) is 3.79. The molecule has 0 aliphatic carbocycles. The number of hydrogen-bond acceptors (Lipinski definition) is 8. The monoisotopic (exact) mass is 1350 g/mol. The summed E-state index contributed by atoms with van der Waals surface area (Å²) >= 11 is 0. The van der Waals surface area contributed by atoms with Gasteiger partial charge in [-0.15, -0.1) is 0 Å². The van der Waals surface area contributed by atoms with Gasteiger partial charge in [0.1, 0.15) is 24.4 Å². The largest absolute Gasteiger partial charge is 0.394 e. The average molecular weight is 1350 g/mol. The minimum atomic E-state index is -1.55. The van der Waals surface area contributed by atoms with E-state index in [4.69, 9.17) is 9.47 Å². The summed E-state index contributed by atoms with van der Waals surface area (Å²) in [6, 6.07) is -0.720. The molecule has 1 saturated heterocycles. The Morgan fingerprint density at radius 2 is 0.646 bits per heavy atom. The zero-order valence-corrected chi connectivity index (χ0v) is 63.9. The Morgan fingerprint density at radius 1 is 0.365 bits per heavy atom. The normalized spacial score (nSPS) is 17.6. The van der Waals surface area contributed by atoms with E-state index in [0.717, 1.165) is 64.2 Å². The molecule has 7 unspecified atom stereocenters. The minimum Gasteiger partial charge on any atom is -0.394 e. The molecule has 0 radical (unpaired) electrons. The zero-order chi connectivity index (χ0) is 69.2. The number of unbranched alkanes of at least 4 members (excludes halogenated alkanes) is 59. The summed E-state index contributed by atoms with van der Waals surface area (Å²) in [5.41, 5.74) is 0. The summed E-state index contributed by atoms with van der Waals surface area (Å²) in [7, 11) is 0. The molecule has 1 amide bonds. The predicted molar refractivity (Wildman–Crippen MR) is 415 cm³/mol. The van der Waals surface area contributed by atoms with Crippen molar-refractivity contribution in [2.75, 3.05) is 13.2 Å². The molecule has 1 aliphatic heterocycles. The number of rotatable bonds is 77. The maximum absolute atomic E-state index is 13.2. The number of hydrogen-bond donors (Lipinski definition) is 6. The molecular weight excluding hydrogens is 1190 g/mol. The number of ether oxygens (including phenoxy) is 2. The van der Waals surface area contributed by atoms with E-state index >= 15 is 0 Å². The Hall–Kier alpha value is -1.85. The quantitative estimate of drug-likeness (QED) is 0.0261. The first-order valence-corrected chi connectivity index (χ1v) is 42.8. The van der Waals surface area contributed by atoms with Gasteiger partial charge in [-0.1, -0.05) is 435 Å². The smallest absolute Gasteiger partial charge is 0.220 e. The molecule has 0 spiro atoms. The van der Waals surface area contributed by atoms with Gasteiger partial charge in [0.25, 0.3) is 0 Å². The van der Waals surface area contributed by atoms with Gasteiger partial charge in [0.05, 0.1) is 25.4 Å². The first kappa shape index (κ1) is 92.2. The van der Waals surface area contributed by atoms with Crippen LogP contribution in [0.3, 0.4) is 0 Å². The van der Waals surface area contributed by atoms with Crippen molar-refractivity contribution in [3.8, 4) is 0 Å². The summed E-state index contributed by atoms with van der Waals surface area (Å²) in [5, 5.41) is 55.2. The number of nitrogens with one attached hydrogen (secondary N) is 1. The molecule has 6 N–H and O–H groups in total. The van der Waals surface area contributed by atoms with Crippen LogP contribution in [-0.4, -0.2) is 87.5 Å². The highest BCUT2D eigenvalue weighted by Crippen LogP contribution is 2.25. The first-order valence-electron chi connectivity index (χ1n) is 42.8. The van der Waals surface area contributed by atoms with E-state index in [2.05, 4.69) is 67.8 Å². The molecule has 0 aromatic heterocycles. The van der Waals surface area contributed by atoms with Gasteiger partial charge in [0.15, 0.2) is 6.29 Å². The second-order valence-electron chi connectivity index (χ2n) is 30.0. The maximum atomic E-state index is 13.2. The molecule has 9 nitrogen and oxygen atoms in total. The van der Waals surface area contributed by atoms with E-state index < -0.39 is 49.5 Å². The molecular formula is C87H165NO8. The van der Waals surface area contributed by atoms with Crippen molar-refractivity contribution in [1.82, 2.24) is 5.32 Å². The highest BCUT2D eigenvalue weighted by molar-refractivity contribution is 5.76. The van der Waals surface area contributed by atoms with Gasteiger partial charge >= 0.3 is 0 Å². The van der Waals surface area contributed by atoms with Crippen LogP contribution in [0.15, 0.2) is 48.6 Å². The van der Waals surface area contributed by atoms with Crippen molar-refractivity contribution in [1.29, 1.82) is 0 Å². The summed E-state index contributed by atoms with van der Waals surface area (Å²) in [4.78, 5) is 13.2. The Morgan fingerprint density at radius 3 is 0.958 bits per heavy atom. The number of aliphatic hydroxyl groups is 5. The van der Waals surface area contributed by atoms with Crippen molar-refractivity contribution >= 4 is 5.91 Å². The zero-order valence-electron chi connectivity index (χ0n) is 63.9. The fraction of sp³-hybridized carbons (Fsp3) is 0.897. The van der Waals surface area contributed by atoms with Crippen LogP contribution in [0.5, 0.6) is 0 Å². The van der Waals surface area contributed by atoms with Gasteiger partial charge in [0.2, 0.25) is 5.91 Å². The third-order valence-electron chi connectivity index (χ3n) is 20.7. The SMILES string of the molecule is CC/C=C\C/C=C\C/C=C\C/C=C\CCCCCCCCCCCCCCCCCCCCCCCCCCCCCCC(=O)NC(COC1OC(CO)C(O)C(O)C1O)C(O)CCCCCCCCCCCCCCCCCCCCCCCCCCCCCCCCCC. The number of carbonyl (C=O) groups excluding carboxylic acids is 1. The Labute approximate surface area is 596 Å². The third-order valence-corrected chi connectivity index (χ3v) is 20.7. The summed E-state index contributed by atoms with van der Waals surface area (Å²) in [5.74, 6) is -0.133. The molecule has 0 aromatic rings. The van der Waals surface area contributed by atoms with E-state index in [9.17, 15) is 30.3 Å². The minimum absolute atomic E-state index is 0.133. The Bertz CT molecular complexity index is 1670. The van der Waals surface area contributed by atoms with Crippen molar-refractivity contribution in [2.45, 2.75) is 487 Å². The van der Waals surface area contributed by atoms with Crippen molar-refractivity contribution in [2.24, 2.45) is 0 Å². The van der Waals surface area contributed by atoms with Crippen LogP contribution in [0, 0.1) is 0 Å². The van der Waals surface area contributed by atoms with Gasteiger partial charge in [0, 0.05) is 6.42 Å². The van der Waals surface area contributed by atoms with Gasteiger partial charge in [-0.2, -0.15) is 0 Å². The van der Waals surface area contributed by atoms with Crippen molar-refractivity contribution in [3.05, 3.63) is 48.6 Å². The molecule has 0 saturated carbocycles. The highest BCUT2D eigenvalue weighted by Gasteiger charge is 2.44. The van der Waals surface area contributed by atoms with Gasteiger partial charge in [-0.25, -0.2) is 0 Å². The topological polar surface area (TPSA) is 149 Å². The molecule has 1 rings (SSSR count). The van der Waals surface area contributed by atoms with Crippen LogP contribution in [0.2, 0.25) is 0 Å². The van der Waals surface area contributed by atoms with Crippen LogP contribution >= 0.6 is 0 Å². The predicted octanol–water partition coefficient (Wildman–Crippen LogP) is 25.0. The lowest BCUT2D eigenvalue weighted by Crippen LogP contribution is -2.60. The van der Waals surface area contributed by atoms with Crippen molar-refractivity contribution < 1.29 is 39.8 Å². The number of allylic oxidation sites excluding steroid dienone is 8. The highest BCUT2D eigenvalue weighted by atomic mass is 16.7. The van der Waals surface area contributed by atoms with Gasteiger partial charge in [-0.05, 0) is 51.4 Å². The molecule has 1 heterocycles. The lowest BCUT2D eigenvalue weighted by atomic mass is 9.99. The fourth-order valence-corrected chi connectivity index (χ4v) is 14.1. The second kappa shape index (κ2) is 75.8. The Balaban J connectivity index is 2.01. The van der Waals surface area contributed by atoms with E-state index in [1.807, 2.05) is 0 Å². The van der Waals surface area contributed by atoms with Crippen LogP contribution in [-0.2, 0) is 14.3 Å². The van der Waals surface area contributed by atoms with Crippen LogP contribution < -0.4 is 5.32 Å². The summed E-state index contributed by atoms with van der Waals surface area (Å²) in [6.07, 6.45) is 98.3. The lowest BCUT2D eigenvalue weighted by Gasteiger charge is -2.40. The van der Waals surface area contributed by atoms with E-state index in [0.29, 0.717) is 12.8 Å². The van der Waals surface area contributed by atoms with Crippen molar-refractivity contribution in [3.63, 3.8) is 0 Å². The molecule has 96 heavy (non-hydrogen) atoms. The average Bonchev–Trinajstić information content (AvgIpc) is 0.840. The first-order chi connectivity index (χ1) is 47.3. The van der Waals surface area contributed by atoms with Crippen LogP contribution in [0.25, 0.3) is 0 Å². The fourth-order valence-electron chi connectivity index (χ4n) is 14.1. The van der Waals surface area contributed by atoms with E-state index in [1.165, 1.54) is 353 Å². The molecule has 0 aromatic carbocycles. The van der Waals surface area contributed by atoms with Crippen LogP contribution in [0.1, 0.15) is 444 Å². The third kappa shape index (κ3) is 63.1. The second-order valence-corrected chi connectivity index (χ2v) is 30.0. The standard InChI is InChI=1S/C87H165NO8/c1-3-5-7-9-11-13-15-17-19-21-23-25-27-29-31-33-35-37-38-39-40-41-42-43-44-45-47-49-51-53-55-57-59-61-63-65-67-69-71-73-75-77-83(91)88-80(79-95-87-86(94)85(93)84(92)82(78-89)96-87)81(90)76-74-72-70-68-66-64-62-60-58-56-54-52-50-48-46-36-34-32-30-28-26-24-22-20-18-16-14-12-10-8-6-4-2/h5,7,11,13,17,19,23,25,80-82,84-87,89-90,92-94H,3-4,6,8-10,12,14-16,18,20-22,24,26-79H2,1-2H3,(H,88,91)/b7-5-,13-11-,19-17-,25-23-. The van der Waals surface area contributed by atoms with Gasteiger partial charge in [-0.3, -0.25) is 4.79 Å². The number of aliphatic hydroxyl groups excluding tert-OH is 5. The maximum Gasteiger partial charge on any atom is 0.220 e. The molecule has 0 bridgehead atoms. The molecule has 7 atom stereocenters. The van der Waals surface area contributed by atoms with E-state index in [1.54, 1.807) is 0 Å². The molecule has 1 fully saturated rings. The molecule has 566 valence electrons. The van der Waals surface area contributed by atoms with E-state index in [-0.39, 0.29) is 12.5 Å². The Kier molecular flexibility index (Phi) is 72.8. The lowest BCUT2D eigenvalue weighted by molar-refractivity contribution is -0.302. The number of carbonyl (C=O) groups is 1. The number of amides is 1. The summed E-state index contributed by atoms with van der Waals surface area (Å²) < 4.78 is 11.4. The molecule has 9 heteroatoms. The van der Waals surface area contributed by atoms with Crippen LogP contribution in [0.4, 0.5) is 0 Å².